The van der Waals surface area contributed by atoms with Crippen LogP contribution in [0, 0.1) is 0 Å². The van der Waals surface area contributed by atoms with Crippen molar-refractivity contribution in [2.75, 3.05) is 4.90 Å². The molecule has 8 heteroatoms. The number of thiazole rings is 1. The van der Waals surface area contributed by atoms with E-state index in [1.165, 1.54) is 24.5 Å². The van der Waals surface area contributed by atoms with Crippen molar-refractivity contribution in [3.8, 4) is 0 Å². The van der Waals surface area contributed by atoms with Crippen LogP contribution >= 0.6 is 23.1 Å². The largest absolute Gasteiger partial charge is 0.480 e. The Bertz CT molecular complexity index is 488. The van der Waals surface area contributed by atoms with Crippen molar-refractivity contribution in [2.24, 2.45) is 0 Å². The maximum Gasteiger partial charge on any atom is 0.316 e. The molecule has 2 rings (SSSR count). The minimum Gasteiger partial charge on any atom is -0.480 e. The number of carbonyl (C=O) groups is 3. The van der Waals surface area contributed by atoms with Gasteiger partial charge in [-0.1, -0.05) is 0 Å². The number of aliphatic carboxylic acids is 1. The van der Waals surface area contributed by atoms with Crippen LogP contribution in [-0.4, -0.2) is 38.4 Å². The van der Waals surface area contributed by atoms with Gasteiger partial charge in [-0.3, -0.25) is 14.4 Å². The van der Waals surface area contributed by atoms with Crippen LogP contribution in [0.15, 0.2) is 11.6 Å². The Morgan fingerprint density at radius 3 is 2.94 bits per heavy atom. The van der Waals surface area contributed by atoms with Crippen LogP contribution in [0.4, 0.5) is 5.13 Å². The Morgan fingerprint density at radius 2 is 2.39 bits per heavy atom. The van der Waals surface area contributed by atoms with E-state index in [2.05, 4.69) is 4.98 Å². The molecule has 0 radical (unpaired) electrons. The molecule has 0 aromatic carbocycles. The number of imide groups is 1. The standard InChI is InChI=1S/C10H10N2O4S2/c1-5(9(15)16)18-6-4-7(13)12(8(6)14)10-11-2-3-17-10/h2-3,5-6H,4H2,1H3,(H,15,16). The Balaban J connectivity index is 2.12. The van der Waals surface area contributed by atoms with Crippen molar-refractivity contribution >= 4 is 46.0 Å². The second kappa shape index (κ2) is 5.07. The summed E-state index contributed by atoms with van der Waals surface area (Å²) in [6.45, 7) is 1.50. The molecule has 6 nitrogen and oxygen atoms in total. The summed E-state index contributed by atoms with van der Waals surface area (Å²) in [5.74, 6) is -1.70. The van der Waals surface area contributed by atoms with E-state index in [9.17, 15) is 14.4 Å². The van der Waals surface area contributed by atoms with Gasteiger partial charge in [0, 0.05) is 18.0 Å². The molecule has 2 unspecified atom stereocenters. The summed E-state index contributed by atoms with van der Waals surface area (Å²) >= 11 is 2.20. The number of thioether (sulfide) groups is 1. The molecule has 0 bridgehead atoms. The number of hydrogen-bond donors (Lipinski definition) is 1. The number of nitrogens with zero attached hydrogens (tertiary/aromatic N) is 2. The number of carboxylic acids is 1. The lowest BCUT2D eigenvalue weighted by Gasteiger charge is -2.12. The third kappa shape index (κ3) is 2.39. The van der Waals surface area contributed by atoms with Gasteiger partial charge in [0.1, 0.15) is 5.25 Å². The van der Waals surface area contributed by atoms with E-state index in [4.69, 9.17) is 5.11 Å². The quantitative estimate of drug-likeness (QED) is 0.830. The highest BCUT2D eigenvalue weighted by Gasteiger charge is 2.42. The third-order valence-electron chi connectivity index (χ3n) is 2.43. The fourth-order valence-corrected chi connectivity index (χ4v) is 3.27. The van der Waals surface area contributed by atoms with Crippen molar-refractivity contribution in [1.82, 2.24) is 4.98 Å². The highest BCUT2D eigenvalue weighted by atomic mass is 32.2. The van der Waals surface area contributed by atoms with Crippen LogP contribution in [0.25, 0.3) is 0 Å². The van der Waals surface area contributed by atoms with Crippen LogP contribution in [0.2, 0.25) is 0 Å². The van der Waals surface area contributed by atoms with Crippen molar-refractivity contribution in [3.05, 3.63) is 11.6 Å². The number of carbonyl (C=O) groups excluding carboxylic acids is 2. The lowest BCUT2D eigenvalue weighted by atomic mass is 10.3. The Kier molecular flexibility index (Phi) is 3.67. The maximum atomic E-state index is 12.0. The van der Waals surface area contributed by atoms with Crippen LogP contribution < -0.4 is 4.90 Å². The molecule has 1 aromatic heterocycles. The zero-order valence-corrected chi connectivity index (χ0v) is 11.0. The van der Waals surface area contributed by atoms with Crippen LogP contribution in [-0.2, 0) is 14.4 Å². The number of carboxylic acid groups (broad SMARTS) is 1. The average Bonchev–Trinajstić information content (AvgIpc) is 2.88. The van der Waals surface area contributed by atoms with Gasteiger partial charge in [-0.25, -0.2) is 9.88 Å². The minimum absolute atomic E-state index is 0.0285. The first-order valence-electron chi connectivity index (χ1n) is 5.15. The molecule has 0 aliphatic carbocycles. The zero-order valence-electron chi connectivity index (χ0n) is 9.40. The first-order valence-corrected chi connectivity index (χ1v) is 6.97. The molecule has 1 aromatic rings. The van der Waals surface area contributed by atoms with Gasteiger partial charge in [-0.2, -0.15) is 0 Å². The summed E-state index contributed by atoms with van der Waals surface area (Å²) in [7, 11) is 0. The topological polar surface area (TPSA) is 87.6 Å². The monoisotopic (exact) mass is 286 g/mol. The molecule has 1 aliphatic rings. The van der Waals surface area contributed by atoms with Gasteiger partial charge >= 0.3 is 5.97 Å². The summed E-state index contributed by atoms with van der Waals surface area (Å²) in [4.78, 5) is 39.5. The van der Waals surface area contributed by atoms with Crippen molar-refractivity contribution in [3.63, 3.8) is 0 Å². The number of hydrogen-bond acceptors (Lipinski definition) is 6. The summed E-state index contributed by atoms with van der Waals surface area (Å²) in [6.07, 6.45) is 1.54. The van der Waals surface area contributed by atoms with E-state index in [1.54, 1.807) is 5.38 Å². The lowest BCUT2D eigenvalue weighted by molar-refractivity contribution is -0.136. The number of amides is 2. The number of aromatic nitrogens is 1. The molecule has 1 N–H and O–H groups in total. The van der Waals surface area contributed by atoms with Crippen molar-refractivity contribution in [2.45, 2.75) is 23.8 Å². The molecule has 96 valence electrons. The maximum absolute atomic E-state index is 12.0. The molecule has 2 atom stereocenters. The van der Waals surface area contributed by atoms with Gasteiger partial charge < -0.3 is 5.11 Å². The van der Waals surface area contributed by atoms with E-state index in [0.29, 0.717) is 5.13 Å². The molecule has 1 aliphatic heterocycles. The molecule has 1 fully saturated rings. The highest BCUT2D eigenvalue weighted by molar-refractivity contribution is 8.01. The SMILES string of the molecule is CC(SC1CC(=O)N(c2nccs2)C1=O)C(=O)O. The van der Waals surface area contributed by atoms with Crippen molar-refractivity contribution < 1.29 is 19.5 Å². The fourth-order valence-electron chi connectivity index (χ4n) is 1.54. The second-order valence-electron chi connectivity index (χ2n) is 3.69. The molecular weight excluding hydrogens is 276 g/mol. The molecule has 18 heavy (non-hydrogen) atoms. The summed E-state index contributed by atoms with van der Waals surface area (Å²) in [5.41, 5.74) is 0. The van der Waals surface area contributed by atoms with Crippen LogP contribution in [0.3, 0.4) is 0 Å². The lowest BCUT2D eigenvalue weighted by Crippen LogP contribution is -2.31. The van der Waals surface area contributed by atoms with Gasteiger partial charge in [0.05, 0.1) is 5.25 Å². The third-order valence-corrected chi connectivity index (χ3v) is 4.50. The van der Waals surface area contributed by atoms with E-state index < -0.39 is 16.5 Å². The van der Waals surface area contributed by atoms with Gasteiger partial charge in [0.15, 0.2) is 5.13 Å². The smallest absolute Gasteiger partial charge is 0.316 e. The summed E-state index contributed by atoms with van der Waals surface area (Å²) in [6, 6.07) is 0. The molecule has 1 saturated heterocycles. The molecule has 0 saturated carbocycles. The van der Waals surface area contributed by atoms with Gasteiger partial charge in [0.25, 0.3) is 0 Å². The predicted octanol–water partition coefficient (Wildman–Crippen LogP) is 0.981. The normalized spacial score (nSPS) is 21.4. The van der Waals surface area contributed by atoms with Crippen molar-refractivity contribution in [1.29, 1.82) is 0 Å². The molecular formula is C10H10N2O4S2. The molecule has 2 amide bonds. The van der Waals surface area contributed by atoms with E-state index in [1.807, 2.05) is 0 Å². The fraction of sp³-hybridized carbons (Fsp3) is 0.400. The summed E-state index contributed by atoms with van der Waals surface area (Å²) < 4.78 is 0. The predicted molar refractivity (Wildman–Crippen MR) is 67.7 cm³/mol. The molecule has 0 spiro atoms. The highest BCUT2D eigenvalue weighted by Crippen LogP contribution is 2.32. The number of rotatable bonds is 4. The van der Waals surface area contributed by atoms with Gasteiger partial charge in [-0.05, 0) is 6.92 Å². The van der Waals surface area contributed by atoms with Gasteiger partial charge in [-0.15, -0.1) is 23.1 Å². The van der Waals surface area contributed by atoms with E-state index in [-0.39, 0.29) is 18.2 Å². The zero-order chi connectivity index (χ0) is 13.3. The summed E-state index contributed by atoms with van der Waals surface area (Å²) in [5, 5.41) is 9.47. The van der Waals surface area contributed by atoms with Crippen LogP contribution in [0.1, 0.15) is 13.3 Å². The first-order chi connectivity index (χ1) is 8.50. The number of anilines is 1. The Labute approximate surface area is 111 Å². The first kappa shape index (κ1) is 13.0. The van der Waals surface area contributed by atoms with E-state index >= 15 is 0 Å². The van der Waals surface area contributed by atoms with Gasteiger partial charge in [0.2, 0.25) is 11.8 Å². The Morgan fingerprint density at radius 1 is 1.67 bits per heavy atom. The minimum atomic E-state index is -0.993. The second-order valence-corrected chi connectivity index (χ2v) is 6.11. The average molecular weight is 286 g/mol. The molecule has 2 heterocycles. The Hall–Kier alpha value is -1.41. The van der Waals surface area contributed by atoms with Crippen LogP contribution in [0.5, 0.6) is 0 Å². The van der Waals surface area contributed by atoms with E-state index in [0.717, 1.165) is 16.7 Å².